The molecule has 0 saturated carbocycles. The molecule has 0 aromatic carbocycles. The van der Waals surface area contributed by atoms with E-state index in [9.17, 15) is 0 Å². The van der Waals surface area contributed by atoms with E-state index in [0.29, 0.717) is 0 Å². The molecule has 0 nitrogen and oxygen atoms in total. The highest BCUT2D eigenvalue weighted by Gasteiger charge is 1.72. The van der Waals surface area contributed by atoms with Crippen LogP contribution in [0.1, 0.15) is 22.3 Å². The zero-order chi connectivity index (χ0) is 10.7. The first-order valence-electron chi connectivity index (χ1n) is 5.20. The normalized spacial score (nSPS) is 7.20. The van der Waals surface area contributed by atoms with Gasteiger partial charge in [-0.2, -0.15) is 0 Å². The van der Waals surface area contributed by atoms with E-state index in [4.69, 9.17) is 0 Å². The summed E-state index contributed by atoms with van der Waals surface area (Å²) in [5, 5.41) is 0. The van der Waals surface area contributed by atoms with Gasteiger partial charge in [-0.1, -0.05) is 81.2 Å². The van der Waals surface area contributed by atoms with Crippen molar-refractivity contribution in [1.29, 1.82) is 0 Å². The van der Waals surface area contributed by atoms with Crippen molar-refractivity contribution in [1.82, 2.24) is 0 Å². The maximum absolute atomic E-state index is 2.31. The van der Waals surface area contributed by atoms with Crippen LogP contribution in [0.5, 0.6) is 0 Å². The van der Waals surface area contributed by atoms with Crippen LogP contribution in [0.25, 0.3) is 0 Å². The Kier molecular flexibility index (Phi) is 70.5. The second kappa shape index (κ2) is 29.3. The van der Waals surface area contributed by atoms with E-state index in [-0.39, 0.29) is 48.7 Å². The van der Waals surface area contributed by atoms with Gasteiger partial charge < -0.3 is 0 Å². The lowest BCUT2D eigenvalue weighted by atomic mass is 11.8. The molecule has 0 aliphatic heterocycles. The van der Waals surface area contributed by atoms with Crippen LogP contribution in [0.3, 0.4) is 0 Å². The standard InChI is InChI=1S/3C3H10Si.3CH4/c3*1-4(2)3;;;/h3*4H,1-3H3;3*1H4. The lowest BCUT2D eigenvalue weighted by Gasteiger charge is -1.75. The van der Waals surface area contributed by atoms with Crippen LogP contribution < -0.4 is 0 Å². The summed E-state index contributed by atoms with van der Waals surface area (Å²) in [6, 6.07) is 0. The summed E-state index contributed by atoms with van der Waals surface area (Å²) < 4.78 is 0. The van der Waals surface area contributed by atoms with Crippen LogP contribution >= 0.6 is 0 Å². The number of rotatable bonds is 0. The molecule has 0 radical (unpaired) electrons. The van der Waals surface area contributed by atoms with Crippen LogP contribution in [0.2, 0.25) is 58.9 Å². The van der Waals surface area contributed by atoms with Gasteiger partial charge >= 0.3 is 0 Å². The van der Waals surface area contributed by atoms with E-state index >= 15 is 0 Å². The molecule has 0 unspecified atom stereocenters. The zero-order valence-electron chi connectivity index (χ0n) is 10.7. The quantitative estimate of drug-likeness (QED) is 0.530. The van der Waals surface area contributed by atoms with E-state index in [1.54, 1.807) is 0 Å². The molecule has 0 heterocycles. The van der Waals surface area contributed by atoms with Crippen molar-refractivity contribution in [2.24, 2.45) is 0 Å². The Balaban J connectivity index is -0.0000000184. The Morgan fingerprint density at radius 2 is 0.333 bits per heavy atom. The molecule has 15 heavy (non-hydrogen) atoms. The van der Waals surface area contributed by atoms with Crippen LogP contribution in [0.15, 0.2) is 0 Å². The summed E-state index contributed by atoms with van der Waals surface area (Å²) in [7, 11) is -0.417. The fourth-order valence-electron chi connectivity index (χ4n) is 0. The lowest BCUT2D eigenvalue weighted by molar-refractivity contribution is 1.91. The predicted octanol–water partition coefficient (Wildman–Crippen LogP) is 5.22. The van der Waals surface area contributed by atoms with E-state index in [1.807, 2.05) is 0 Å². The first kappa shape index (κ1) is 36.1. The Bertz CT molecular complexity index is 39.4. The third-order valence-corrected chi connectivity index (χ3v) is 0. The molecule has 0 saturated heterocycles. The molecule has 102 valence electrons. The number of hydrogen-bond donors (Lipinski definition) is 0. The van der Waals surface area contributed by atoms with Crippen molar-refractivity contribution in [3.8, 4) is 0 Å². The summed E-state index contributed by atoms with van der Waals surface area (Å²) in [4.78, 5) is 0. The maximum Gasteiger partial charge on any atom is 0.0274 e. The smallest absolute Gasteiger partial charge is 0.0274 e. The van der Waals surface area contributed by atoms with E-state index in [0.717, 1.165) is 0 Å². The largest absolute Gasteiger partial charge is 0.0776 e. The molecule has 0 fully saturated rings. The fourth-order valence-corrected chi connectivity index (χ4v) is 0. The lowest BCUT2D eigenvalue weighted by Crippen LogP contribution is -1.84. The van der Waals surface area contributed by atoms with Crippen LogP contribution in [0.4, 0.5) is 0 Å². The Morgan fingerprint density at radius 1 is 0.333 bits per heavy atom. The predicted molar refractivity (Wildman–Crippen MR) is 94.4 cm³/mol. The second-order valence-corrected chi connectivity index (χ2v) is 15.6. The van der Waals surface area contributed by atoms with Gasteiger partial charge in [-0.25, -0.2) is 0 Å². The highest BCUT2D eigenvalue weighted by atomic mass is 28.3. The fraction of sp³-hybridized carbons (Fsp3) is 1.00. The van der Waals surface area contributed by atoms with Gasteiger partial charge in [-0.15, -0.1) is 0 Å². The third kappa shape index (κ3) is 5540. The third-order valence-electron chi connectivity index (χ3n) is 0. The van der Waals surface area contributed by atoms with Gasteiger partial charge in [-0.05, 0) is 0 Å². The van der Waals surface area contributed by atoms with Crippen molar-refractivity contribution < 1.29 is 0 Å². The van der Waals surface area contributed by atoms with Crippen molar-refractivity contribution >= 4 is 26.4 Å². The van der Waals surface area contributed by atoms with E-state index in [2.05, 4.69) is 58.9 Å². The van der Waals surface area contributed by atoms with Crippen molar-refractivity contribution in [3.63, 3.8) is 0 Å². The maximum atomic E-state index is 2.31. The first-order valence-corrected chi connectivity index (χ1v) is 15.6. The molecule has 0 aromatic rings. The van der Waals surface area contributed by atoms with Crippen LogP contribution in [-0.4, -0.2) is 26.4 Å². The molecule has 0 aromatic heterocycles. The van der Waals surface area contributed by atoms with Crippen LogP contribution in [0, 0.1) is 0 Å². The van der Waals surface area contributed by atoms with Crippen molar-refractivity contribution in [2.75, 3.05) is 0 Å². The van der Waals surface area contributed by atoms with Gasteiger partial charge in [0.15, 0.2) is 0 Å². The molecule has 0 rings (SSSR count). The topological polar surface area (TPSA) is 0 Å². The van der Waals surface area contributed by atoms with Gasteiger partial charge in [0, 0.05) is 26.4 Å². The average Bonchev–Trinajstić information content (AvgIpc) is 1.54. The summed E-state index contributed by atoms with van der Waals surface area (Å²) in [5.41, 5.74) is 0. The minimum atomic E-state index is -0.139. The molecule has 0 amide bonds. The van der Waals surface area contributed by atoms with Gasteiger partial charge in [0.1, 0.15) is 0 Å². The Labute approximate surface area is 108 Å². The van der Waals surface area contributed by atoms with Gasteiger partial charge in [-0.3, -0.25) is 0 Å². The highest BCUT2D eigenvalue weighted by molar-refractivity contribution is 6.54. The molecule has 0 aliphatic rings. The SMILES string of the molecule is C.C.C.C[SiH](C)C.C[SiH](C)C.C[SiH](C)C. The van der Waals surface area contributed by atoms with E-state index in [1.165, 1.54) is 0 Å². The van der Waals surface area contributed by atoms with Crippen molar-refractivity contribution in [2.45, 2.75) is 81.2 Å². The molecular weight excluding hydrogens is 228 g/mol. The van der Waals surface area contributed by atoms with Crippen molar-refractivity contribution in [3.05, 3.63) is 0 Å². The van der Waals surface area contributed by atoms with E-state index < -0.39 is 0 Å². The minimum Gasteiger partial charge on any atom is -0.0776 e. The summed E-state index contributed by atoms with van der Waals surface area (Å²) in [5.74, 6) is 0. The summed E-state index contributed by atoms with van der Waals surface area (Å²) in [6.45, 7) is 20.8. The first-order chi connectivity index (χ1) is 5.20. The minimum absolute atomic E-state index is 0. The summed E-state index contributed by atoms with van der Waals surface area (Å²) in [6.07, 6.45) is 0. The molecule has 0 bridgehead atoms. The Morgan fingerprint density at radius 3 is 0.333 bits per heavy atom. The molecule has 3 heteroatoms. The summed E-state index contributed by atoms with van der Waals surface area (Å²) >= 11 is 0. The molecular formula is C12H42Si3. The van der Waals surface area contributed by atoms with Gasteiger partial charge in [0.2, 0.25) is 0 Å². The molecule has 0 aliphatic carbocycles. The molecule has 0 spiro atoms. The van der Waals surface area contributed by atoms with Gasteiger partial charge in [0.05, 0.1) is 0 Å². The average molecular weight is 271 g/mol. The van der Waals surface area contributed by atoms with Gasteiger partial charge in [0.25, 0.3) is 0 Å². The number of hydrogen-bond acceptors (Lipinski definition) is 0. The second-order valence-electron chi connectivity index (χ2n) is 5.20. The molecule has 0 N–H and O–H groups in total. The highest BCUT2D eigenvalue weighted by Crippen LogP contribution is 1.68. The zero-order valence-corrected chi connectivity index (χ0v) is 14.2. The Hall–Kier alpha value is 0.651. The monoisotopic (exact) mass is 270 g/mol. The van der Waals surface area contributed by atoms with Crippen LogP contribution in [-0.2, 0) is 0 Å². The molecule has 0 atom stereocenters.